The molecular formula is C7H4NSV-. The zero-order valence-electron chi connectivity index (χ0n) is 5.11. The summed E-state index contributed by atoms with van der Waals surface area (Å²) in [6, 6.07) is 8.78. The first kappa shape index (κ1) is 7.80. The van der Waals surface area contributed by atoms with Crippen LogP contribution < -0.4 is 0 Å². The third-order valence-electron chi connectivity index (χ3n) is 1.17. The van der Waals surface area contributed by atoms with Gasteiger partial charge in [-0.15, -0.1) is 0 Å². The van der Waals surface area contributed by atoms with Gasteiger partial charge in [0.05, 0.1) is 5.51 Å². The number of aromatic nitrogens is 1. The van der Waals surface area contributed by atoms with E-state index in [9.17, 15) is 0 Å². The average molecular weight is 185 g/mol. The van der Waals surface area contributed by atoms with Crippen LogP contribution >= 0.6 is 11.3 Å². The quantitative estimate of drug-likeness (QED) is 0.572. The van der Waals surface area contributed by atoms with Crippen LogP contribution in [0.25, 0.3) is 10.2 Å². The maximum Gasteiger partial charge on any atom is 0.0634 e. The molecule has 0 aliphatic carbocycles. The van der Waals surface area contributed by atoms with Crippen LogP contribution in [0.2, 0.25) is 0 Å². The summed E-state index contributed by atoms with van der Waals surface area (Å²) in [6.45, 7) is 0. The largest absolute Gasteiger partial charge is 0.309 e. The number of benzene rings is 1. The Balaban J connectivity index is 0.000000500. The van der Waals surface area contributed by atoms with Crippen molar-refractivity contribution in [3.05, 3.63) is 29.8 Å². The van der Waals surface area contributed by atoms with E-state index in [-0.39, 0.29) is 18.6 Å². The van der Waals surface area contributed by atoms with Crippen molar-refractivity contribution in [1.29, 1.82) is 0 Å². The Labute approximate surface area is 75.0 Å². The first-order valence-electron chi connectivity index (χ1n) is 2.66. The van der Waals surface area contributed by atoms with Crippen LogP contribution in [-0.4, -0.2) is 4.98 Å². The fourth-order valence-corrected chi connectivity index (χ4v) is 1.41. The van der Waals surface area contributed by atoms with Crippen molar-refractivity contribution < 1.29 is 18.6 Å². The molecule has 1 radical (unpaired) electrons. The Morgan fingerprint density at radius 3 is 3.20 bits per heavy atom. The number of fused-ring (bicyclic) bond motifs is 1. The predicted octanol–water partition coefficient (Wildman–Crippen LogP) is 2.09. The Bertz CT molecular complexity index is 288. The fourth-order valence-electron chi connectivity index (χ4n) is 0.748. The monoisotopic (exact) mass is 185 g/mol. The van der Waals surface area contributed by atoms with E-state index in [4.69, 9.17) is 0 Å². The molecule has 1 heterocycles. The minimum atomic E-state index is 0. The van der Waals surface area contributed by atoms with E-state index < -0.39 is 0 Å². The van der Waals surface area contributed by atoms with E-state index in [0.717, 1.165) is 5.52 Å². The first-order valence-corrected chi connectivity index (χ1v) is 3.54. The third-order valence-corrected chi connectivity index (χ3v) is 1.98. The number of hydrogen-bond donors (Lipinski definition) is 0. The molecule has 1 nitrogen and oxygen atoms in total. The van der Waals surface area contributed by atoms with Crippen LogP contribution in [0.15, 0.2) is 23.7 Å². The van der Waals surface area contributed by atoms with Crippen molar-refractivity contribution in [2.45, 2.75) is 0 Å². The van der Waals surface area contributed by atoms with Gasteiger partial charge in [-0.25, -0.2) is 0 Å². The summed E-state index contributed by atoms with van der Waals surface area (Å²) in [7, 11) is 0. The van der Waals surface area contributed by atoms with Crippen molar-refractivity contribution in [3.8, 4) is 0 Å². The first-order chi connectivity index (χ1) is 4.47. The van der Waals surface area contributed by atoms with Gasteiger partial charge in [-0.05, 0) is 5.52 Å². The zero-order valence-corrected chi connectivity index (χ0v) is 7.33. The molecular weight excluding hydrogens is 181 g/mol. The van der Waals surface area contributed by atoms with Crippen molar-refractivity contribution in [2.75, 3.05) is 0 Å². The molecule has 0 fully saturated rings. The van der Waals surface area contributed by atoms with E-state index >= 15 is 0 Å². The van der Waals surface area contributed by atoms with Gasteiger partial charge >= 0.3 is 0 Å². The third kappa shape index (κ3) is 1.24. The van der Waals surface area contributed by atoms with Crippen LogP contribution in [0.3, 0.4) is 0 Å². The molecule has 0 spiro atoms. The summed E-state index contributed by atoms with van der Waals surface area (Å²) < 4.78 is 1.23. The molecule has 0 aliphatic rings. The van der Waals surface area contributed by atoms with Crippen molar-refractivity contribution in [1.82, 2.24) is 4.98 Å². The fraction of sp³-hybridized carbons (Fsp3) is 0. The molecule has 2 aromatic rings. The second-order valence-corrected chi connectivity index (χ2v) is 2.63. The molecule has 0 saturated heterocycles. The summed E-state index contributed by atoms with van der Waals surface area (Å²) in [5.41, 5.74) is 2.89. The van der Waals surface area contributed by atoms with Crippen LogP contribution in [0, 0.1) is 6.07 Å². The van der Waals surface area contributed by atoms with Crippen molar-refractivity contribution >= 4 is 21.6 Å². The molecule has 0 atom stereocenters. The smallest absolute Gasteiger partial charge is 0.0634 e. The van der Waals surface area contributed by atoms with E-state index in [1.807, 2.05) is 23.7 Å². The molecule has 0 N–H and O–H groups in total. The summed E-state index contributed by atoms with van der Waals surface area (Å²) >= 11 is 1.66. The molecule has 10 heavy (non-hydrogen) atoms. The van der Waals surface area contributed by atoms with Gasteiger partial charge in [0.1, 0.15) is 0 Å². The van der Waals surface area contributed by atoms with Gasteiger partial charge in [-0.3, -0.25) is 0 Å². The van der Waals surface area contributed by atoms with Gasteiger partial charge in [-0.1, -0.05) is 4.70 Å². The number of rotatable bonds is 0. The van der Waals surface area contributed by atoms with Gasteiger partial charge < -0.3 is 4.98 Å². The SMILES string of the molecule is [V].[c-]1ccc2scnc2c1. The van der Waals surface area contributed by atoms with Crippen molar-refractivity contribution in [2.24, 2.45) is 0 Å². The van der Waals surface area contributed by atoms with Gasteiger partial charge in [0.2, 0.25) is 0 Å². The van der Waals surface area contributed by atoms with E-state index in [1.165, 1.54) is 4.70 Å². The van der Waals surface area contributed by atoms with Gasteiger partial charge in [0, 0.05) is 18.6 Å². The summed E-state index contributed by atoms with van der Waals surface area (Å²) in [6.07, 6.45) is 0. The maximum atomic E-state index is 4.11. The molecule has 0 aliphatic heterocycles. The zero-order chi connectivity index (χ0) is 6.10. The minimum absolute atomic E-state index is 0. The van der Waals surface area contributed by atoms with Gasteiger partial charge in [-0.2, -0.15) is 35.6 Å². The molecule has 0 saturated carbocycles. The Kier molecular flexibility index (Phi) is 2.49. The minimum Gasteiger partial charge on any atom is -0.309 e. The Hall–Kier alpha value is -0.306. The molecule has 2 rings (SSSR count). The van der Waals surface area contributed by atoms with Gasteiger partial charge in [0.25, 0.3) is 0 Å². The number of thiazole rings is 1. The van der Waals surface area contributed by atoms with Crippen LogP contribution in [0.1, 0.15) is 0 Å². The molecule has 0 bridgehead atoms. The molecule has 0 unspecified atom stereocenters. The predicted molar refractivity (Wildman–Crippen MR) is 38.5 cm³/mol. The molecule has 3 heteroatoms. The normalized spacial score (nSPS) is 9.20. The molecule has 49 valence electrons. The average Bonchev–Trinajstić information content (AvgIpc) is 2.33. The second-order valence-electron chi connectivity index (χ2n) is 1.75. The summed E-state index contributed by atoms with van der Waals surface area (Å²) in [5, 5.41) is 0. The van der Waals surface area contributed by atoms with Gasteiger partial charge in [0.15, 0.2) is 0 Å². The maximum absolute atomic E-state index is 4.11. The Morgan fingerprint density at radius 2 is 2.40 bits per heavy atom. The molecule has 0 amide bonds. The molecule has 1 aromatic carbocycles. The summed E-state index contributed by atoms with van der Waals surface area (Å²) in [5.74, 6) is 0. The standard InChI is InChI=1S/C7H4NS.V/c1-2-4-7-6(3-1)8-5-9-7;/h2-5H;/q-1;. The second kappa shape index (κ2) is 3.19. The topological polar surface area (TPSA) is 12.9 Å². The van der Waals surface area contributed by atoms with E-state index in [1.54, 1.807) is 11.3 Å². The molecule has 1 aromatic heterocycles. The number of hydrogen-bond acceptors (Lipinski definition) is 2. The van der Waals surface area contributed by atoms with Crippen LogP contribution in [-0.2, 0) is 18.6 Å². The summed E-state index contributed by atoms with van der Waals surface area (Å²) in [4.78, 5) is 4.11. The van der Waals surface area contributed by atoms with Crippen molar-refractivity contribution in [3.63, 3.8) is 0 Å². The van der Waals surface area contributed by atoms with Crippen LogP contribution in [0.5, 0.6) is 0 Å². The van der Waals surface area contributed by atoms with E-state index in [2.05, 4.69) is 11.1 Å². The Morgan fingerprint density at radius 1 is 1.50 bits per heavy atom. The number of nitrogens with zero attached hydrogens (tertiary/aromatic N) is 1. The van der Waals surface area contributed by atoms with Crippen LogP contribution in [0.4, 0.5) is 0 Å². The van der Waals surface area contributed by atoms with E-state index in [0.29, 0.717) is 0 Å².